The van der Waals surface area contributed by atoms with E-state index in [1.165, 1.54) is 10.2 Å². The summed E-state index contributed by atoms with van der Waals surface area (Å²) in [5.74, 6) is -0.112. The molecule has 0 radical (unpaired) electrons. The first-order chi connectivity index (χ1) is 16.7. The molecule has 1 aromatic heterocycles. The molecular weight excluding hydrogens is 424 g/mol. The largest absolute Gasteiger partial charge is 0.336 e. The van der Waals surface area contributed by atoms with Crippen LogP contribution in [0.4, 0.5) is 0 Å². The molecule has 6 heteroatoms. The number of amides is 1. The maximum absolute atomic E-state index is 13.7. The van der Waals surface area contributed by atoms with Crippen LogP contribution in [0.25, 0.3) is 10.8 Å². The molecular formula is C28H28N4O2. The van der Waals surface area contributed by atoms with Gasteiger partial charge in [0.05, 0.1) is 11.9 Å². The summed E-state index contributed by atoms with van der Waals surface area (Å²) >= 11 is 0. The Bertz CT molecular complexity index is 1340. The van der Waals surface area contributed by atoms with E-state index in [0.717, 1.165) is 31.6 Å². The quantitative estimate of drug-likeness (QED) is 0.462. The van der Waals surface area contributed by atoms with E-state index >= 15 is 0 Å². The van der Waals surface area contributed by atoms with E-state index < -0.39 is 0 Å². The van der Waals surface area contributed by atoms with Crippen molar-refractivity contribution in [3.05, 3.63) is 112 Å². The molecule has 0 bridgehead atoms. The Morgan fingerprint density at radius 3 is 2.03 bits per heavy atom. The highest BCUT2D eigenvalue weighted by atomic mass is 16.2. The van der Waals surface area contributed by atoms with Crippen molar-refractivity contribution in [2.45, 2.75) is 19.5 Å². The predicted octanol–water partition coefficient (Wildman–Crippen LogP) is 3.79. The SMILES string of the molecule is O=C(c1nn(Cc2ccccc2)c(=O)c2ccccc12)N1CCCN(Cc2ccccc2)CC1. The molecule has 1 aliphatic rings. The molecule has 6 nitrogen and oxygen atoms in total. The van der Waals surface area contributed by atoms with E-state index in [1.54, 1.807) is 6.07 Å². The molecule has 172 valence electrons. The zero-order valence-corrected chi connectivity index (χ0v) is 19.1. The lowest BCUT2D eigenvalue weighted by molar-refractivity contribution is 0.0755. The summed E-state index contributed by atoms with van der Waals surface area (Å²) in [7, 11) is 0. The molecule has 2 heterocycles. The van der Waals surface area contributed by atoms with Crippen molar-refractivity contribution < 1.29 is 4.79 Å². The van der Waals surface area contributed by atoms with Crippen LogP contribution in [0, 0.1) is 0 Å². The summed E-state index contributed by atoms with van der Waals surface area (Å²) in [5.41, 5.74) is 2.42. The maximum Gasteiger partial charge on any atom is 0.274 e. The van der Waals surface area contributed by atoms with Crippen LogP contribution in [0.5, 0.6) is 0 Å². The standard InChI is InChI=1S/C28H28N4O2/c33-27-25-15-8-7-14-24(25)26(29-32(27)21-23-12-5-2-6-13-23)28(34)31-17-9-16-30(18-19-31)20-22-10-3-1-4-11-22/h1-8,10-15H,9,16-21H2. The molecule has 4 aromatic rings. The van der Waals surface area contributed by atoms with Crippen LogP contribution in [0.2, 0.25) is 0 Å². The Hall–Kier alpha value is -3.77. The Labute approximate surface area is 199 Å². The third-order valence-corrected chi connectivity index (χ3v) is 6.37. The van der Waals surface area contributed by atoms with Gasteiger partial charge in [0, 0.05) is 38.1 Å². The van der Waals surface area contributed by atoms with Gasteiger partial charge in [0.2, 0.25) is 0 Å². The van der Waals surface area contributed by atoms with Gasteiger partial charge in [-0.05, 0) is 23.6 Å². The third-order valence-electron chi connectivity index (χ3n) is 6.37. The van der Waals surface area contributed by atoms with E-state index in [4.69, 9.17) is 0 Å². The highest BCUT2D eigenvalue weighted by Gasteiger charge is 2.24. The van der Waals surface area contributed by atoms with Crippen molar-refractivity contribution in [1.29, 1.82) is 0 Å². The van der Waals surface area contributed by atoms with Crippen LogP contribution in [-0.4, -0.2) is 51.7 Å². The van der Waals surface area contributed by atoms with Crippen molar-refractivity contribution in [1.82, 2.24) is 19.6 Å². The average Bonchev–Trinajstić information content (AvgIpc) is 3.12. The number of nitrogens with zero attached hydrogens (tertiary/aromatic N) is 4. The van der Waals surface area contributed by atoms with Gasteiger partial charge in [-0.25, -0.2) is 4.68 Å². The van der Waals surface area contributed by atoms with Gasteiger partial charge in [-0.3, -0.25) is 14.5 Å². The van der Waals surface area contributed by atoms with Gasteiger partial charge < -0.3 is 4.90 Å². The van der Waals surface area contributed by atoms with E-state index in [0.29, 0.717) is 36.1 Å². The molecule has 0 unspecified atom stereocenters. The minimum Gasteiger partial charge on any atom is -0.336 e. The Kier molecular flexibility index (Phi) is 6.49. The highest BCUT2D eigenvalue weighted by molar-refractivity contribution is 6.04. The van der Waals surface area contributed by atoms with Gasteiger partial charge in [0.25, 0.3) is 11.5 Å². The predicted molar refractivity (Wildman–Crippen MR) is 134 cm³/mol. The van der Waals surface area contributed by atoms with Gasteiger partial charge in [-0.15, -0.1) is 0 Å². The summed E-state index contributed by atoms with van der Waals surface area (Å²) in [6.45, 7) is 4.28. The summed E-state index contributed by atoms with van der Waals surface area (Å²) in [6.07, 6.45) is 0.903. The van der Waals surface area contributed by atoms with Crippen LogP contribution in [0.15, 0.2) is 89.7 Å². The molecule has 0 N–H and O–H groups in total. The van der Waals surface area contributed by atoms with Crippen LogP contribution < -0.4 is 5.56 Å². The van der Waals surface area contributed by atoms with E-state index in [2.05, 4.69) is 34.3 Å². The molecule has 34 heavy (non-hydrogen) atoms. The van der Waals surface area contributed by atoms with E-state index in [1.807, 2.05) is 59.5 Å². The van der Waals surface area contributed by atoms with E-state index in [-0.39, 0.29) is 11.5 Å². The van der Waals surface area contributed by atoms with Crippen LogP contribution >= 0.6 is 0 Å². The molecule has 0 aliphatic carbocycles. The smallest absolute Gasteiger partial charge is 0.274 e. The molecule has 5 rings (SSSR count). The normalized spacial score (nSPS) is 14.8. The van der Waals surface area contributed by atoms with Gasteiger partial charge in [-0.2, -0.15) is 5.10 Å². The first kappa shape index (κ1) is 22.0. The fourth-order valence-electron chi connectivity index (χ4n) is 4.58. The average molecular weight is 453 g/mol. The lowest BCUT2D eigenvalue weighted by atomic mass is 10.1. The molecule has 1 fully saturated rings. The number of rotatable bonds is 5. The number of carbonyl (C=O) groups excluding carboxylic acids is 1. The lowest BCUT2D eigenvalue weighted by Crippen LogP contribution is -2.37. The number of carbonyl (C=O) groups is 1. The number of hydrogen-bond donors (Lipinski definition) is 0. The fourth-order valence-corrected chi connectivity index (χ4v) is 4.58. The zero-order valence-electron chi connectivity index (χ0n) is 19.1. The van der Waals surface area contributed by atoms with Crippen LogP contribution in [0.1, 0.15) is 28.0 Å². The Balaban J connectivity index is 1.41. The Morgan fingerprint density at radius 2 is 1.32 bits per heavy atom. The summed E-state index contributed by atoms with van der Waals surface area (Å²) < 4.78 is 1.42. The van der Waals surface area contributed by atoms with Crippen molar-refractivity contribution in [2.75, 3.05) is 26.2 Å². The summed E-state index contributed by atoms with van der Waals surface area (Å²) in [4.78, 5) is 31.1. The van der Waals surface area contributed by atoms with Crippen LogP contribution in [-0.2, 0) is 13.1 Å². The fraction of sp³-hybridized carbons (Fsp3) is 0.250. The number of hydrogen-bond acceptors (Lipinski definition) is 4. The molecule has 1 amide bonds. The van der Waals surface area contributed by atoms with Crippen molar-refractivity contribution in [3.63, 3.8) is 0 Å². The summed E-state index contributed by atoms with van der Waals surface area (Å²) in [5, 5.41) is 5.73. The van der Waals surface area contributed by atoms with E-state index in [9.17, 15) is 9.59 Å². The molecule has 3 aromatic carbocycles. The van der Waals surface area contributed by atoms with Gasteiger partial charge in [0.1, 0.15) is 0 Å². The molecule has 1 saturated heterocycles. The number of fused-ring (bicyclic) bond motifs is 1. The van der Waals surface area contributed by atoms with Gasteiger partial charge in [0.15, 0.2) is 5.69 Å². The van der Waals surface area contributed by atoms with Crippen molar-refractivity contribution in [2.24, 2.45) is 0 Å². The minimum atomic E-state index is -0.180. The number of aromatic nitrogens is 2. The third kappa shape index (κ3) is 4.77. The van der Waals surface area contributed by atoms with Crippen LogP contribution in [0.3, 0.4) is 0 Å². The Morgan fingerprint density at radius 1 is 0.706 bits per heavy atom. The maximum atomic E-state index is 13.7. The second-order valence-corrected chi connectivity index (χ2v) is 8.75. The first-order valence-corrected chi connectivity index (χ1v) is 11.8. The first-order valence-electron chi connectivity index (χ1n) is 11.8. The zero-order chi connectivity index (χ0) is 23.3. The second-order valence-electron chi connectivity index (χ2n) is 8.75. The molecule has 0 saturated carbocycles. The topological polar surface area (TPSA) is 58.4 Å². The van der Waals surface area contributed by atoms with Gasteiger partial charge >= 0.3 is 0 Å². The lowest BCUT2D eigenvalue weighted by Gasteiger charge is -2.22. The highest BCUT2D eigenvalue weighted by Crippen LogP contribution is 2.18. The number of benzene rings is 3. The molecule has 0 spiro atoms. The minimum absolute atomic E-state index is 0.112. The molecule has 0 atom stereocenters. The monoisotopic (exact) mass is 452 g/mol. The van der Waals surface area contributed by atoms with Crippen molar-refractivity contribution in [3.8, 4) is 0 Å². The summed E-state index contributed by atoms with van der Waals surface area (Å²) in [6, 6.07) is 27.4. The second kappa shape index (κ2) is 10.0. The molecule has 1 aliphatic heterocycles. The van der Waals surface area contributed by atoms with Gasteiger partial charge in [-0.1, -0.05) is 78.9 Å². The van der Waals surface area contributed by atoms with Crippen molar-refractivity contribution >= 4 is 16.7 Å².